The number of hydrogen-bond donors (Lipinski definition) is 1. The Balaban J connectivity index is 2.82. The largest absolute Gasteiger partial charge is 0.370 e. The number of nitrogens with zero attached hydrogens (tertiary/aromatic N) is 2. The molecule has 1 aromatic carbocycles. The average Bonchev–Trinajstić information content (AvgIpc) is 2.36. The Morgan fingerprint density at radius 2 is 1.78 bits per heavy atom. The highest BCUT2D eigenvalue weighted by molar-refractivity contribution is 5.77. The van der Waals surface area contributed by atoms with E-state index in [1.165, 1.54) is 11.1 Å². The second-order valence-electron chi connectivity index (χ2n) is 5.50. The summed E-state index contributed by atoms with van der Waals surface area (Å²) in [5, 5.41) is 0. The lowest BCUT2D eigenvalue weighted by atomic mass is 9.84. The maximum absolute atomic E-state index is 5.82. The van der Waals surface area contributed by atoms with Gasteiger partial charge in [0.1, 0.15) is 0 Å². The third kappa shape index (κ3) is 3.76. The molecule has 18 heavy (non-hydrogen) atoms. The lowest BCUT2D eigenvalue weighted by Crippen LogP contribution is -2.32. The number of hydrogen-bond acceptors (Lipinski definition) is 1. The predicted molar refractivity (Wildman–Crippen MR) is 79.0 cm³/mol. The van der Waals surface area contributed by atoms with E-state index in [2.05, 4.69) is 50.0 Å². The van der Waals surface area contributed by atoms with Gasteiger partial charge < -0.3 is 10.6 Å². The first-order chi connectivity index (χ1) is 8.36. The molecule has 0 bridgehead atoms. The highest BCUT2D eigenvalue weighted by atomic mass is 15.2. The second-order valence-corrected chi connectivity index (χ2v) is 5.50. The van der Waals surface area contributed by atoms with E-state index in [1.54, 1.807) is 0 Å². The molecule has 100 valence electrons. The Bertz CT molecular complexity index is 402. The minimum absolute atomic E-state index is 0.00685. The van der Waals surface area contributed by atoms with Crippen molar-refractivity contribution in [1.29, 1.82) is 0 Å². The van der Waals surface area contributed by atoms with Gasteiger partial charge in [-0.05, 0) is 17.5 Å². The molecular formula is C15H25N3. The smallest absolute Gasteiger partial charge is 0.190 e. The highest BCUT2D eigenvalue weighted by Crippen LogP contribution is 2.24. The molecule has 3 nitrogen and oxygen atoms in total. The van der Waals surface area contributed by atoms with Crippen LogP contribution in [0.25, 0.3) is 0 Å². The zero-order valence-electron chi connectivity index (χ0n) is 12.2. The summed E-state index contributed by atoms with van der Waals surface area (Å²) in [5.74, 6) is 0.577. The summed E-state index contributed by atoms with van der Waals surface area (Å²) in [5.41, 5.74) is 8.50. The molecule has 0 aliphatic heterocycles. The van der Waals surface area contributed by atoms with Gasteiger partial charge in [0.15, 0.2) is 5.96 Å². The number of rotatable bonds is 4. The zero-order valence-corrected chi connectivity index (χ0v) is 12.2. The van der Waals surface area contributed by atoms with Crippen molar-refractivity contribution >= 4 is 5.96 Å². The quantitative estimate of drug-likeness (QED) is 0.656. The molecule has 0 aliphatic rings. The zero-order chi connectivity index (χ0) is 13.8. The van der Waals surface area contributed by atoms with Gasteiger partial charge in [0.25, 0.3) is 0 Å². The van der Waals surface area contributed by atoms with Gasteiger partial charge in [0.2, 0.25) is 0 Å². The Hall–Kier alpha value is -1.51. The molecule has 0 atom stereocenters. The van der Waals surface area contributed by atoms with Gasteiger partial charge in [-0.3, -0.25) is 4.99 Å². The monoisotopic (exact) mass is 247 g/mol. The number of aliphatic imine (C=N–C) groups is 1. The standard InChI is InChI=1S/C15H25N3/c1-6-12-7-9-13(10-8-12)15(2,3)11-17-14(16)18(4)5/h7-10H,6,11H2,1-5H3,(H2,16,17). The highest BCUT2D eigenvalue weighted by Gasteiger charge is 2.20. The van der Waals surface area contributed by atoms with Gasteiger partial charge in [0, 0.05) is 19.5 Å². The molecule has 1 rings (SSSR count). The van der Waals surface area contributed by atoms with Crippen molar-refractivity contribution in [3.63, 3.8) is 0 Å². The number of guanidine groups is 1. The Labute approximate surface area is 111 Å². The maximum Gasteiger partial charge on any atom is 0.190 e. The van der Waals surface area contributed by atoms with Crippen LogP contribution in [0.4, 0.5) is 0 Å². The lowest BCUT2D eigenvalue weighted by Gasteiger charge is -2.24. The fourth-order valence-corrected chi connectivity index (χ4v) is 1.70. The first-order valence-electron chi connectivity index (χ1n) is 6.43. The summed E-state index contributed by atoms with van der Waals surface area (Å²) in [6, 6.07) is 8.77. The summed E-state index contributed by atoms with van der Waals surface area (Å²) in [7, 11) is 3.81. The Kier molecular flexibility index (Phi) is 4.76. The maximum atomic E-state index is 5.82. The average molecular weight is 247 g/mol. The molecule has 1 aromatic rings. The molecule has 0 saturated carbocycles. The minimum Gasteiger partial charge on any atom is -0.370 e. The van der Waals surface area contributed by atoms with Crippen LogP contribution in [0.5, 0.6) is 0 Å². The molecule has 0 fully saturated rings. The van der Waals surface area contributed by atoms with Crippen LogP contribution >= 0.6 is 0 Å². The van der Waals surface area contributed by atoms with Crippen LogP contribution in [0.2, 0.25) is 0 Å². The minimum atomic E-state index is 0.00685. The fraction of sp³-hybridized carbons (Fsp3) is 0.533. The summed E-state index contributed by atoms with van der Waals surface area (Å²) in [6.07, 6.45) is 1.08. The first-order valence-corrected chi connectivity index (χ1v) is 6.43. The van der Waals surface area contributed by atoms with Gasteiger partial charge in [-0.2, -0.15) is 0 Å². The van der Waals surface area contributed by atoms with Crippen LogP contribution in [0.1, 0.15) is 31.9 Å². The third-order valence-electron chi connectivity index (χ3n) is 3.24. The summed E-state index contributed by atoms with van der Waals surface area (Å²) in [6.45, 7) is 7.26. The van der Waals surface area contributed by atoms with E-state index in [0.29, 0.717) is 12.5 Å². The van der Waals surface area contributed by atoms with Crippen molar-refractivity contribution < 1.29 is 0 Å². The SMILES string of the molecule is CCc1ccc(C(C)(C)CN=C(N)N(C)C)cc1. The van der Waals surface area contributed by atoms with E-state index < -0.39 is 0 Å². The predicted octanol–water partition coefficient (Wildman–Crippen LogP) is 2.40. The van der Waals surface area contributed by atoms with Crippen molar-refractivity contribution in [3.05, 3.63) is 35.4 Å². The molecule has 0 aromatic heterocycles. The lowest BCUT2D eigenvalue weighted by molar-refractivity contribution is 0.528. The molecule has 2 N–H and O–H groups in total. The van der Waals surface area contributed by atoms with Gasteiger partial charge in [-0.1, -0.05) is 45.0 Å². The van der Waals surface area contributed by atoms with E-state index in [4.69, 9.17) is 5.73 Å². The molecule has 0 radical (unpaired) electrons. The van der Waals surface area contributed by atoms with Crippen molar-refractivity contribution in [2.24, 2.45) is 10.7 Å². The van der Waals surface area contributed by atoms with E-state index >= 15 is 0 Å². The molecule has 0 aliphatic carbocycles. The fourth-order valence-electron chi connectivity index (χ4n) is 1.70. The van der Waals surface area contributed by atoms with E-state index in [-0.39, 0.29) is 5.41 Å². The number of nitrogens with two attached hydrogens (primary N) is 1. The van der Waals surface area contributed by atoms with E-state index in [1.807, 2.05) is 19.0 Å². The molecule has 0 amide bonds. The molecule has 0 saturated heterocycles. The van der Waals surface area contributed by atoms with Gasteiger partial charge >= 0.3 is 0 Å². The van der Waals surface area contributed by atoms with E-state index in [0.717, 1.165) is 6.42 Å². The van der Waals surface area contributed by atoms with Crippen LogP contribution < -0.4 is 5.73 Å². The summed E-state index contributed by atoms with van der Waals surface area (Å²) < 4.78 is 0. The molecular weight excluding hydrogens is 222 g/mol. The summed E-state index contributed by atoms with van der Waals surface area (Å²) >= 11 is 0. The Morgan fingerprint density at radius 1 is 1.22 bits per heavy atom. The first kappa shape index (κ1) is 14.6. The van der Waals surface area contributed by atoms with Crippen LogP contribution in [-0.2, 0) is 11.8 Å². The van der Waals surface area contributed by atoms with Crippen LogP contribution in [0.3, 0.4) is 0 Å². The summed E-state index contributed by atoms with van der Waals surface area (Å²) in [4.78, 5) is 6.26. The van der Waals surface area contributed by atoms with Crippen LogP contribution in [0, 0.1) is 0 Å². The van der Waals surface area contributed by atoms with Gasteiger partial charge in [-0.15, -0.1) is 0 Å². The topological polar surface area (TPSA) is 41.6 Å². The molecule has 0 heterocycles. The number of aryl methyl sites for hydroxylation is 1. The second kappa shape index (κ2) is 5.89. The molecule has 0 unspecified atom stereocenters. The van der Waals surface area contributed by atoms with Gasteiger partial charge in [0.05, 0.1) is 6.54 Å². The van der Waals surface area contributed by atoms with Crippen molar-refractivity contribution in [3.8, 4) is 0 Å². The van der Waals surface area contributed by atoms with Crippen molar-refractivity contribution in [1.82, 2.24) is 4.90 Å². The van der Waals surface area contributed by atoms with Crippen molar-refractivity contribution in [2.45, 2.75) is 32.6 Å². The van der Waals surface area contributed by atoms with E-state index in [9.17, 15) is 0 Å². The molecule has 0 spiro atoms. The van der Waals surface area contributed by atoms with Crippen molar-refractivity contribution in [2.75, 3.05) is 20.6 Å². The van der Waals surface area contributed by atoms with Crippen LogP contribution in [0.15, 0.2) is 29.3 Å². The number of benzene rings is 1. The third-order valence-corrected chi connectivity index (χ3v) is 3.24. The van der Waals surface area contributed by atoms with Crippen LogP contribution in [-0.4, -0.2) is 31.5 Å². The molecule has 3 heteroatoms. The van der Waals surface area contributed by atoms with Gasteiger partial charge in [-0.25, -0.2) is 0 Å². The normalized spacial score (nSPS) is 12.6. The Morgan fingerprint density at radius 3 is 2.22 bits per heavy atom.